The van der Waals surface area contributed by atoms with Gasteiger partial charge in [0.05, 0.1) is 11.6 Å². The molecule has 5 nitrogen and oxygen atoms in total. The SMILES string of the molecule is CN=C(NCC1CCN(C)C1)N(C)Cc1cc(Cl)cn1C. The molecule has 1 saturated heterocycles. The van der Waals surface area contributed by atoms with Gasteiger partial charge in [-0.25, -0.2) is 0 Å². The summed E-state index contributed by atoms with van der Waals surface area (Å²) in [4.78, 5) is 8.89. The minimum atomic E-state index is 0.713. The Kier molecular flexibility index (Phi) is 5.53. The van der Waals surface area contributed by atoms with Crippen molar-refractivity contribution in [1.29, 1.82) is 0 Å². The van der Waals surface area contributed by atoms with Crippen LogP contribution in [0.5, 0.6) is 0 Å². The van der Waals surface area contributed by atoms with Gasteiger partial charge in [-0.15, -0.1) is 0 Å². The van der Waals surface area contributed by atoms with Crippen molar-refractivity contribution in [2.75, 3.05) is 40.8 Å². The van der Waals surface area contributed by atoms with Crippen molar-refractivity contribution in [1.82, 2.24) is 19.7 Å². The maximum atomic E-state index is 6.03. The van der Waals surface area contributed by atoms with Crippen LogP contribution >= 0.6 is 11.6 Å². The molecule has 1 aliphatic rings. The fraction of sp³-hybridized carbons (Fsp3) is 0.667. The lowest BCUT2D eigenvalue weighted by atomic mass is 10.1. The van der Waals surface area contributed by atoms with Crippen molar-refractivity contribution < 1.29 is 0 Å². The van der Waals surface area contributed by atoms with E-state index in [0.717, 1.165) is 24.1 Å². The van der Waals surface area contributed by atoms with E-state index >= 15 is 0 Å². The zero-order valence-electron chi connectivity index (χ0n) is 13.4. The number of guanidine groups is 1. The third kappa shape index (κ3) is 4.38. The monoisotopic (exact) mass is 311 g/mol. The van der Waals surface area contributed by atoms with E-state index in [1.165, 1.54) is 25.2 Å². The minimum Gasteiger partial charge on any atom is -0.356 e. The van der Waals surface area contributed by atoms with Crippen LogP contribution in [0, 0.1) is 5.92 Å². The van der Waals surface area contributed by atoms with Gasteiger partial charge in [0, 0.05) is 46.1 Å². The van der Waals surface area contributed by atoms with E-state index in [9.17, 15) is 0 Å². The zero-order valence-corrected chi connectivity index (χ0v) is 14.2. The fourth-order valence-electron chi connectivity index (χ4n) is 2.85. The average molecular weight is 312 g/mol. The molecular weight excluding hydrogens is 286 g/mol. The molecule has 118 valence electrons. The molecule has 1 aromatic rings. The van der Waals surface area contributed by atoms with Crippen LogP contribution in [0.1, 0.15) is 12.1 Å². The van der Waals surface area contributed by atoms with Gasteiger partial charge in [0.2, 0.25) is 0 Å². The highest BCUT2D eigenvalue weighted by atomic mass is 35.5. The number of nitrogens with zero attached hydrogens (tertiary/aromatic N) is 4. The molecule has 0 amide bonds. The maximum absolute atomic E-state index is 6.03. The first-order chi connectivity index (χ1) is 9.99. The Morgan fingerprint density at radius 1 is 1.52 bits per heavy atom. The number of hydrogen-bond acceptors (Lipinski definition) is 2. The largest absolute Gasteiger partial charge is 0.356 e. The van der Waals surface area contributed by atoms with Crippen molar-refractivity contribution in [2.45, 2.75) is 13.0 Å². The summed E-state index contributed by atoms with van der Waals surface area (Å²) in [6.45, 7) is 4.13. The number of hydrogen-bond donors (Lipinski definition) is 1. The highest BCUT2D eigenvalue weighted by Crippen LogP contribution is 2.15. The van der Waals surface area contributed by atoms with E-state index in [2.05, 4.69) is 38.8 Å². The molecule has 2 heterocycles. The standard InChI is InChI=1S/C15H26ClN5/c1-17-15(18-8-12-5-6-19(2)9-12)21(4)11-14-7-13(16)10-20(14)3/h7,10,12H,5-6,8-9,11H2,1-4H3,(H,17,18). The number of halogens is 1. The Hall–Kier alpha value is -1.20. The first kappa shape index (κ1) is 16.2. The Morgan fingerprint density at radius 3 is 2.81 bits per heavy atom. The van der Waals surface area contributed by atoms with Crippen LogP contribution in [0.3, 0.4) is 0 Å². The lowest BCUT2D eigenvalue weighted by molar-refractivity contribution is 0.390. The molecule has 1 unspecified atom stereocenters. The number of nitrogens with one attached hydrogen (secondary N) is 1. The molecule has 1 N–H and O–H groups in total. The van der Waals surface area contributed by atoms with Gasteiger partial charge in [0.15, 0.2) is 5.96 Å². The van der Waals surface area contributed by atoms with E-state index in [1.807, 2.05) is 26.4 Å². The molecule has 1 aromatic heterocycles. The maximum Gasteiger partial charge on any atom is 0.193 e. The Morgan fingerprint density at radius 2 is 2.29 bits per heavy atom. The third-order valence-electron chi connectivity index (χ3n) is 4.08. The van der Waals surface area contributed by atoms with E-state index in [1.54, 1.807) is 0 Å². The number of likely N-dealkylation sites (tertiary alicyclic amines) is 1. The summed E-state index contributed by atoms with van der Waals surface area (Å²) in [7, 11) is 8.08. The van der Waals surface area contributed by atoms with Crippen LogP contribution < -0.4 is 5.32 Å². The summed E-state index contributed by atoms with van der Waals surface area (Å²) in [5, 5.41) is 4.26. The summed E-state index contributed by atoms with van der Waals surface area (Å²) in [5.74, 6) is 1.64. The number of rotatable bonds is 4. The Balaban J connectivity index is 1.87. The van der Waals surface area contributed by atoms with Gasteiger partial charge in [-0.2, -0.15) is 0 Å². The third-order valence-corrected chi connectivity index (χ3v) is 4.29. The molecule has 1 atom stereocenters. The predicted molar refractivity (Wildman–Crippen MR) is 88.9 cm³/mol. The number of aryl methyl sites for hydroxylation is 1. The van der Waals surface area contributed by atoms with Crippen LogP contribution in [0.2, 0.25) is 5.02 Å². The summed E-state index contributed by atoms with van der Waals surface area (Å²) >= 11 is 6.03. The smallest absolute Gasteiger partial charge is 0.193 e. The molecular formula is C15H26ClN5. The Bertz CT molecular complexity index is 496. The van der Waals surface area contributed by atoms with Crippen LogP contribution in [0.15, 0.2) is 17.3 Å². The normalized spacial score (nSPS) is 20.0. The molecule has 2 rings (SSSR count). The first-order valence-corrected chi connectivity index (χ1v) is 7.78. The number of aromatic nitrogens is 1. The van der Waals surface area contributed by atoms with Gasteiger partial charge in [-0.1, -0.05) is 11.6 Å². The molecule has 0 radical (unpaired) electrons. The summed E-state index contributed by atoms with van der Waals surface area (Å²) in [5.41, 5.74) is 1.17. The van der Waals surface area contributed by atoms with Gasteiger partial charge < -0.3 is 19.7 Å². The average Bonchev–Trinajstić information content (AvgIpc) is 2.96. The molecule has 0 aliphatic carbocycles. The summed E-state index contributed by atoms with van der Waals surface area (Å²) < 4.78 is 2.05. The second kappa shape index (κ2) is 7.18. The summed E-state index contributed by atoms with van der Waals surface area (Å²) in [6, 6.07) is 2.00. The van der Waals surface area contributed by atoms with Crippen molar-refractivity contribution in [3.05, 3.63) is 23.0 Å². The van der Waals surface area contributed by atoms with Crippen LogP contribution in [-0.4, -0.2) is 61.1 Å². The highest BCUT2D eigenvalue weighted by Gasteiger charge is 2.20. The van der Waals surface area contributed by atoms with Crippen molar-refractivity contribution in [2.24, 2.45) is 18.0 Å². The van der Waals surface area contributed by atoms with E-state index in [4.69, 9.17) is 11.6 Å². The highest BCUT2D eigenvalue weighted by molar-refractivity contribution is 6.30. The molecule has 21 heavy (non-hydrogen) atoms. The molecule has 0 bridgehead atoms. The molecule has 0 spiro atoms. The second-order valence-corrected chi connectivity index (χ2v) is 6.40. The van der Waals surface area contributed by atoms with Crippen molar-refractivity contribution in [3.8, 4) is 0 Å². The molecule has 0 saturated carbocycles. The zero-order chi connectivity index (χ0) is 15.4. The minimum absolute atomic E-state index is 0.713. The van der Waals surface area contributed by atoms with E-state index in [-0.39, 0.29) is 0 Å². The topological polar surface area (TPSA) is 35.8 Å². The molecule has 1 fully saturated rings. The van der Waals surface area contributed by atoms with E-state index in [0.29, 0.717) is 5.92 Å². The van der Waals surface area contributed by atoms with Gasteiger partial charge >= 0.3 is 0 Å². The number of aliphatic imine (C=N–C) groups is 1. The van der Waals surface area contributed by atoms with Crippen molar-refractivity contribution >= 4 is 17.6 Å². The molecule has 1 aliphatic heterocycles. The quantitative estimate of drug-likeness (QED) is 0.678. The van der Waals surface area contributed by atoms with Crippen LogP contribution in [0.4, 0.5) is 0 Å². The van der Waals surface area contributed by atoms with Gasteiger partial charge in [0.1, 0.15) is 0 Å². The van der Waals surface area contributed by atoms with E-state index < -0.39 is 0 Å². The Labute approximate surface area is 132 Å². The predicted octanol–water partition coefficient (Wildman–Crippen LogP) is 1.64. The molecule has 6 heteroatoms. The lowest BCUT2D eigenvalue weighted by Gasteiger charge is -2.23. The van der Waals surface area contributed by atoms with Crippen LogP contribution in [-0.2, 0) is 13.6 Å². The van der Waals surface area contributed by atoms with Gasteiger partial charge in [0.25, 0.3) is 0 Å². The lowest BCUT2D eigenvalue weighted by Crippen LogP contribution is -2.41. The van der Waals surface area contributed by atoms with Crippen LogP contribution in [0.25, 0.3) is 0 Å². The van der Waals surface area contributed by atoms with Gasteiger partial charge in [-0.05, 0) is 32.0 Å². The molecule has 0 aromatic carbocycles. The first-order valence-electron chi connectivity index (χ1n) is 7.40. The second-order valence-electron chi connectivity index (χ2n) is 5.96. The van der Waals surface area contributed by atoms with Gasteiger partial charge in [-0.3, -0.25) is 4.99 Å². The van der Waals surface area contributed by atoms with Crippen molar-refractivity contribution in [3.63, 3.8) is 0 Å². The summed E-state index contributed by atoms with van der Waals surface area (Å²) in [6.07, 6.45) is 3.19. The fourth-order valence-corrected chi connectivity index (χ4v) is 3.13.